The van der Waals surface area contributed by atoms with Crippen LogP contribution in [0, 0.1) is 0 Å². The first-order valence-corrected chi connectivity index (χ1v) is 9.07. The van der Waals surface area contributed by atoms with E-state index in [0.717, 1.165) is 5.56 Å². The number of hydrogen-bond donors (Lipinski definition) is 2. The molecule has 148 valence electrons. The number of phenolic OH excluding ortho intramolecular Hbond substituents is 1. The Bertz CT molecular complexity index is 987. The van der Waals surface area contributed by atoms with Crippen molar-refractivity contribution < 1.29 is 19.4 Å². The molecule has 3 N–H and O–H groups in total. The van der Waals surface area contributed by atoms with E-state index in [1.807, 2.05) is 18.2 Å². The molecule has 0 aliphatic rings. The molecule has 0 heterocycles. The van der Waals surface area contributed by atoms with Crippen molar-refractivity contribution in [1.29, 1.82) is 0 Å². The summed E-state index contributed by atoms with van der Waals surface area (Å²) in [5.41, 5.74) is 7.47. The molecule has 3 rings (SSSR count). The Morgan fingerprint density at radius 2 is 1.69 bits per heavy atom. The van der Waals surface area contributed by atoms with Crippen LogP contribution < -0.4 is 10.5 Å². The van der Waals surface area contributed by atoms with Gasteiger partial charge in [-0.1, -0.05) is 42.5 Å². The van der Waals surface area contributed by atoms with Crippen LogP contribution in [0.4, 0.5) is 0 Å². The van der Waals surface area contributed by atoms with Crippen molar-refractivity contribution >= 4 is 11.8 Å². The predicted molar refractivity (Wildman–Crippen MR) is 109 cm³/mol. The first kappa shape index (κ1) is 19.9. The number of amides is 2. The summed E-state index contributed by atoms with van der Waals surface area (Å²) in [6.07, 6.45) is 0. The average molecular weight is 390 g/mol. The summed E-state index contributed by atoms with van der Waals surface area (Å²) in [5, 5.41) is 9.53. The number of primary amides is 1. The van der Waals surface area contributed by atoms with Crippen LogP contribution in [-0.2, 0) is 11.3 Å². The van der Waals surface area contributed by atoms with Crippen LogP contribution in [0.15, 0.2) is 78.9 Å². The topological polar surface area (TPSA) is 92.9 Å². The van der Waals surface area contributed by atoms with Crippen LogP contribution in [0.5, 0.6) is 11.5 Å². The molecule has 0 aromatic heterocycles. The number of aromatic hydroxyl groups is 1. The van der Waals surface area contributed by atoms with Crippen LogP contribution in [0.3, 0.4) is 0 Å². The minimum Gasteiger partial charge on any atom is -0.508 e. The molecule has 0 unspecified atom stereocenters. The van der Waals surface area contributed by atoms with Crippen molar-refractivity contribution in [3.05, 3.63) is 95.6 Å². The number of rotatable bonds is 7. The molecule has 0 spiro atoms. The molecule has 3 aromatic rings. The summed E-state index contributed by atoms with van der Waals surface area (Å²) >= 11 is 0. The number of ether oxygens (including phenoxy) is 1. The van der Waals surface area contributed by atoms with Gasteiger partial charge in [0, 0.05) is 12.1 Å². The Morgan fingerprint density at radius 1 is 1.00 bits per heavy atom. The molecule has 3 aromatic carbocycles. The lowest BCUT2D eigenvalue weighted by molar-refractivity contribution is -0.122. The van der Waals surface area contributed by atoms with Gasteiger partial charge in [0.25, 0.3) is 5.91 Å². The van der Waals surface area contributed by atoms with E-state index in [2.05, 4.69) is 0 Å². The third-order valence-electron chi connectivity index (χ3n) is 4.56. The highest BCUT2D eigenvalue weighted by molar-refractivity contribution is 5.97. The second-order valence-electron chi connectivity index (χ2n) is 6.55. The molecule has 0 saturated heterocycles. The Morgan fingerprint density at radius 3 is 2.31 bits per heavy atom. The molecule has 6 heteroatoms. The molecule has 0 bridgehead atoms. The molecule has 2 amide bonds. The second-order valence-corrected chi connectivity index (χ2v) is 6.55. The maximum Gasteiger partial charge on any atom is 0.255 e. The standard InChI is InChI=1S/C23H22N2O4/c1-29-20-9-5-6-16(14-20)15-25(23(28)18-10-12-19(26)13-11-18)21(22(24)27)17-7-3-2-4-8-17/h2-14,21,26H,15H2,1H3,(H2,24,27)/t21-/m1/s1. The summed E-state index contributed by atoms with van der Waals surface area (Å²) in [7, 11) is 1.56. The molecule has 29 heavy (non-hydrogen) atoms. The lowest BCUT2D eigenvalue weighted by atomic mass is 10.0. The zero-order valence-electron chi connectivity index (χ0n) is 16.0. The zero-order valence-corrected chi connectivity index (χ0v) is 16.0. The molecular formula is C23H22N2O4. The molecule has 6 nitrogen and oxygen atoms in total. The molecule has 0 radical (unpaired) electrons. The van der Waals surface area contributed by atoms with Gasteiger partial charge in [-0.15, -0.1) is 0 Å². The Balaban J connectivity index is 2.05. The largest absolute Gasteiger partial charge is 0.508 e. The number of nitrogens with zero attached hydrogens (tertiary/aromatic N) is 1. The number of carbonyl (C=O) groups is 2. The normalized spacial score (nSPS) is 11.5. The van der Waals surface area contributed by atoms with Gasteiger partial charge in [-0.05, 0) is 47.5 Å². The number of hydrogen-bond acceptors (Lipinski definition) is 4. The quantitative estimate of drug-likeness (QED) is 0.648. The fourth-order valence-electron chi connectivity index (χ4n) is 3.15. The fourth-order valence-corrected chi connectivity index (χ4v) is 3.15. The van der Waals surface area contributed by atoms with Crippen LogP contribution in [0.25, 0.3) is 0 Å². The van der Waals surface area contributed by atoms with E-state index in [-0.39, 0.29) is 18.2 Å². The van der Waals surface area contributed by atoms with Gasteiger partial charge in [0.2, 0.25) is 5.91 Å². The van der Waals surface area contributed by atoms with Gasteiger partial charge < -0.3 is 20.5 Å². The van der Waals surface area contributed by atoms with Gasteiger partial charge in [0.05, 0.1) is 7.11 Å². The minimum absolute atomic E-state index is 0.0513. The molecule has 0 saturated carbocycles. The number of nitrogens with two attached hydrogens (primary N) is 1. The number of methoxy groups -OCH3 is 1. The maximum atomic E-state index is 13.3. The third-order valence-corrected chi connectivity index (χ3v) is 4.56. The van der Waals surface area contributed by atoms with Crippen LogP contribution in [0.1, 0.15) is 27.5 Å². The Kier molecular flexibility index (Phi) is 6.14. The van der Waals surface area contributed by atoms with Gasteiger partial charge >= 0.3 is 0 Å². The molecule has 0 aliphatic carbocycles. The van der Waals surface area contributed by atoms with Crippen LogP contribution >= 0.6 is 0 Å². The van der Waals surface area contributed by atoms with Gasteiger partial charge in [-0.3, -0.25) is 9.59 Å². The molecule has 0 fully saturated rings. The van der Waals surface area contributed by atoms with Gasteiger partial charge in [0.1, 0.15) is 17.5 Å². The van der Waals surface area contributed by atoms with E-state index in [1.165, 1.54) is 29.2 Å². The fraction of sp³-hybridized carbons (Fsp3) is 0.130. The van der Waals surface area contributed by atoms with Crippen molar-refractivity contribution in [2.45, 2.75) is 12.6 Å². The Labute approximate surface area is 169 Å². The van der Waals surface area contributed by atoms with Gasteiger partial charge in [-0.25, -0.2) is 0 Å². The second kappa shape index (κ2) is 8.93. The average Bonchev–Trinajstić information content (AvgIpc) is 2.74. The third kappa shape index (κ3) is 4.73. The highest BCUT2D eigenvalue weighted by atomic mass is 16.5. The SMILES string of the molecule is COc1cccc(CN(C(=O)c2ccc(O)cc2)[C@@H](C(N)=O)c2ccccc2)c1. The smallest absolute Gasteiger partial charge is 0.255 e. The monoisotopic (exact) mass is 390 g/mol. The van der Waals surface area contributed by atoms with E-state index in [9.17, 15) is 14.7 Å². The number of phenols is 1. The molecule has 1 atom stereocenters. The van der Waals surface area contributed by atoms with Crippen molar-refractivity contribution in [2.24, 2.45) is 5.73 Å². The first-order chi connectivity index (χ1) is 14.0. The summed E-state index contributed by atoms with van der Waals surface area (Å²) in [6, 6.07) is 21.1. The van der Waals surface area contributed by atoms with E-state index in [4.69, 9.17) is 10.5 Å². The van der Waals surface area contributed by atoms with Crippen LogP contribution in [-0.4, -0.2) is 28.9 Å². The highest BCUT2D eigenvalue weighted by Crippen LogP contribution is 2.26. The lowest BCUT2D eigenvalue weighted by Crippen LogP contribution is -2.41. The van der Waals surface area contributed by atoms with Crippen LogP contribution in [0.2, 0.25) is 0 Å². The summed E-state index contributed by atoms with van der Waals surface area (Å²) in [5.74, 6) is -0.308. The summed E-state index contributed by atoms with van der Waals surface area (Å²) in [4.78, 5) is 27.2. The summed E-state index contributed by atoms with van der Waals surface area (Å²) in [6.45, 7) is 0.152. The van der Waals surface area contributed by atoms with Crippen molar-refractivity contribution in [2.75, 3.05) is 7.11 Å². The van der Waals surface area contributed by atoms with Crippen molar-refractivity contribution in [1.82, 2.24) is 4.90 Å². The predicted octanol–water partition coefficient (Wildman–Crippen LogP) is 3.27. The number of carbonyl (C=O) groups excluding carboxylic acids is 2. The number of benzene rings is 3. The maximum absolute atomic E-state index is 13.3. The first-order valence-electron chi connectivity index (χ1n) is 9.07. The zero-order chi connectivity index (χ0) is 20.8. The van der Waals surface area contributed by atoms with Crippen molar-refractivity contribution in [3.63, 3.8) is 0 Å². The van der Waals surface area contributed by atoms with E-state index >= 15 is 0 Å². The van der Waals surface area contributed by atoms with E-state index in [1.54, 1.807) is 43.5 Å². The summed E-state index contributed by atoms with van der Waals surface area (Å²) < 4.78 is 5.26. The van der Waals surface area contributed by atoms with E-state index < -0.39 is 11.9 Å². The highest BCUT2D eigenvalue weighted by Gasteiger charge is 2.30. The van der Waals surface area contributed by atoms with Crippen molar-refractivity contribution in [3.8, 4) is 11.5 Å². The minimum atomic E-state index is -0.955. The van der Waals surface area contributed by atoms with Gasteiger partial charge in [0.15, 0.2) is 0 Å². The lowest BCUT2D eigenvalue weighted by Gasteiger charge is -2.30. The molecule has 0 aliphatic heterocycles. The van der Waals surface area contributed by atoms with E-state index in [0.29, 0.717) is 16.9 Å². The molecular weight excluding hydrogens is 368 g/mol. The Hall–Kier alpha value is -3.80. The van der Waals surface area contributed by atoms with Gasteiger partial charge in [-0.2, -0.15) is 0 Å².